The molecular weight excluding hydrogens is 180 g/mol. The van der Waals surface area contributed by atoms with E-state index in [1.807, 2.05) is 6.07 Å². The molecule has 0 aliphatic heterocycles. The molecule has 3 N–H and O–H groups in total. The van der Waals surface area contributed by atoms with Crippen LogP contribution in [-0.4, -0.2) is 4.98 Å². The summed E-state index contributed by atoms with van der Waals surface area (Å²) in [6.07, 6.45) is 1.63. The van der Waals surface area contributed by atoms with E-state index >= 15 is 0 Å². The predicted molar refractivity (Wildman–Crippen MR) is 54.0 cm³/mol. The van der Waals surface area contributed by atoms with Crippen LogP contribution in [0.4, 0.5) is 0 Å². The molecule has 2 aromatic rings. The summed E-state index contributed by atoms with van der Waals surface area (Å²) >= 11 is 0. The van der Waals surface area contributed by atoms with Crippen molar-refractivity contribution in [3.8, 4) is 0 Å². The van der Waals surface area contributed by atoms with Crippen molar-refractivity contribution in [3.05, 3.63) is 47.0 Å². The summed E-state index contributed by atoms with van der Waals surface area (Å²) < 4.78 is 4.90. The van der Waals surface area contributed by atoms with Gasteiger partial charge in [0.15, 0.2) is 5.58 Å². The number of H-pyrrole nitrogens is 1. The van der Waals surface area contributed by atoms with Gasteiger partial charge >= 0.3 is 5.76 Å². The lowest BCUT2D eigenvalue weighted by molar-refractivity contribution is 0.555. The van der Waals surface area contributed by atoms with Gasteiger partial charge in [-0.05, 0) is 17.7 Å². The normalized spacial score (nSPS) is 12.9. The summed E-state index contributed by atoms with van der Waals surface area (Å²) in [5.41, 5.74) is 7.81. The Morgan fingerprint density at radius 3 is 3.07 bits per heavy atom. The van der Waals surface area contributed by atoms with E-state index < -0.39 is 5.76 Å². The summed E-state index contributed by atoms with van der Waals surface area (Å²) in [6, 6.07) is 5.10. The fourth-order valence-electron chi connectivity index (χ4n) is 1.31. The van der Waals surface area contributed by atoms with E-state index in [0.29, 0.717) is 11.1 Å². The predicted octanol–water partition coefficient (Wildman–Crippen LogP) is 1.31. The van der Waals surface area contributed by atoms with Crippen molar-refractivity contribution >= 4 is 11.1 Å². The molecule has 0 saturated carbocycles. The maximum Gasteiger partial charge on any atom is 0.417 e. The Hall–Kier alpha value is -1.81. The first kappa shape index (κ1) is 8.77. The fourth-order valence-corrected chi connectivity index (χ4v) is 1.31. The van der Waals surface area contributed by atoms with Gasteiger partial charge in [-0.15, -0.1) is 6.58 Å². The molecule has 0 radical (unpaired) electrons. The van der Waals surface area contributed by atoms with E-state index in [-0.39, 0.29) is 6.04 Å². The average Bonchev–Trinajstić information content (AvgIpc) is 2.55. The third-order valence-corrected chi connectivity index (χ3v) is 2.08. The minimum absolute atomic E-state index is 0.236. The molecule has 0 aliphatic carbocycles. The summed E-state index contributed by atoms with van der Waals surface area (Å²) in [5, 5.41) is 0. The molecule has 0 spiro atoms. The highest BCUT2D eigenvalue weighted by molar-refractivity contribution is 5.72. The fraction of sp³-hybridized carbons (Fsp3) is 0.100. The van der Waals surface area contributed by atoms with Gasteiger partial charge in [0, 0.05) is 6.04 Å². The Bertz CT molecular complexity index is 524. The van der Waals surface area contributed by atoms with Gasteiger partial charge in [0.25, 0.3) is 0 Å². The van der Waals surface area contributed by atoms with Crippen LogP contribution in [0.15, 0.2) is 40.1 Å². The lowest BCUT2D eigenvalue weighted by Gasteiger charge is -2.04. The molecule has 4 nitrogen and oxygen atoms in total. The molecular formula is C10H10N2O2. The number of hydrogen-bond acceptors (Lipinski definition) is 3. The lowest BCUT2D eigenvalue weighted by Crippen LogP contribution is -2.05. The van der Waals surface area contributed by atoms with Gasteiger partial charge in [-0.3, -0.25) is 4.98 Å². The molecule has 1 aromatic carbocycles. The van der Waals surface area contributed by atoms with Gasteiger partial charge in [-0.1, -0.05) is 12.1 Å². The molecule has 2 rings (SSSR count). The molecule has 0 aliphatic rings. The Kier molecular flexibility index (Phi) is 1.98. The molecule has 14 heavy (non-hydrogen) atoms. The zero-order valence-corrected chi connectivity index (χ0v) is 7.49. The highest BCUT2D eigenvalue weighted by Crippen LogP contribution is 2.17. The van der Waals surface area contributed by atoms with Crippen molar-refractivity contribution in [1.29, 1.82) is 0 Å². The first-order valence-corrected chi connectivity index (χ1v) is 4.21. The van der Waals surface area contributed by atoms with E-state index in [4.69, 9.17) is 10.2 Å². The highest BCUT2D eigenvalue weighted by Gasteiger charge is 2.05. The van der Waals surface area contributed by atoms with Crippen molar-refractivity contribution in [2.45, 2.75) is 6.04 Å². The maximum absolute atomic E-state index is 10.9. The number of oxazole rings is 1. The Balaban J connectivity index is 2.61. The summed E-state index contributed by atoms with van der Waals surface area (Å²) in [7, 11) is 0. The van der Waals surface area contributed by atoms with Gasteiger partial charge < -0.3 is 10.2 Å². The molecule has 72 valence electrons. The smallest absolute Gasteiger partial charge is 0.408 e. The van der Waals surface area contributed by atoms with Crippen molar-refractivity contribution < 1.29 is 4.42 Å². The summed E-state index contributed by atoms with van der Waals surface area (Å²) in [4.78, 5) is 13.4. The van der Waals surface area contributed by atoms with Crippen LogP contribution in [0.25, 0.3) is 11.1 Å². The van der Waals surface area contributed by atoms with Crippen molar-refractivity contribution in [1.82, 2.24) is 4.98 Å². The van der Waals surface area contributed by atoms with Crippen LogP contribution in [0.2, 0.25) is 0 Å². The molecule has 1 unspecified atom stereocenters. The zero-order chi connectivity index (χ0) is 10.1. The molecule has 0 fully saturated rings. The summed E-state index contributed by atoms with van der Waals surface area (Å²) in [5.74, 6) is -0.454. The van der Waals surface area contributed by atoms with Gasteiger partial charge in [0.1, 0.15) is 0 Å². The monoisotopic (exact) mass is 190 g/mol. The van der Waals surface area contributed by atoms with Gasteiger partial charge in [-0.2, -0.15) is 0 Å². The van der Waals surface area contributed by atoms with Crippen molar-refractivity contribution in [2.24, 2.45) is 5.73 Å². The maximum atomic E-state index is 10.9. The third-order valence-electron chi connectivity index (χ3n) is 2.08. The van der Waals surface area contributed by atoms with Crippen LogP contribution in [0.5, 0.6) is 0 Å². The molecule has 4 heteroatoms. The molecule has 0 saturated heterocycles. The van der Waals surface area contributed by atoms with E-state index in [0.717, 1.165) is 5.56 Å². The SMILES string of the molecule is C=CC(N)c1ccc2[nH]c(=O)oc2c1. The number of nitrogens with two attached hydrogens (primary N) is 1. The molecule has 1 aromatic heterocycles. The van der Waals surface area contributed by atoms with Gasteiger partial charge in [0.05, 0.1) is 5.52 Å². The minimum Gasteiger partial charge on any atom is -0.408 e. The van der Waals surface area contributed by atoms with Gasteiger partial charge in [-0.25, -0.2) is 4.79 Å². The Morgan fingerprint density at radius 2 is 2.36 bits per heavy atom. The van der Waals surface area contributed by atoms with Crippen LogP contribution in [0.1, 0.15) is 11.6 Å². The number of fused-ring (bicyclic) bond motifs is 1. The van der Waals surface area contributed by atoms with Crippen molar-refractivity contribution in [3.63, 3.8) is 0 Å². The number of aromatic nitrogens is 1. The van der Waals surface area contributed by atoms with Crippen LogP contribution in [-0.2, 0) is 0 Å². The molecule has 1 heterocycles. The van der Waals surface area contributed by atoms with Crippen LogP contribution in [0.3, 0.4) is 0 Å². The first-order chi connectivity index (χ1) is 6.70. The van der Waals surface area contributed by atoms with E-state index in [1.165, 1.54) is 0 Å². The van der Waals surface area contributed by atoms with E-state index in [1.54, 1.807) is 18.2 Å². The number of benzene rings is 1. The number of hydrogen-bond donors (Lipinski definition) is 2. The van der Waals surface area contributed by atoms with Crippen LogP contribution in [0, 0.1) is 0 Å². The van der Waals surface area contributed by atoms with Crippen LogP contribution >= 0.6 is 0 Å². The standard InChI is InChI=1S/C10H10N2O2/c1-2-7(11)6-3-4-8-9(5-6)14-10(13)12-8/h2-5,7H,1,11H2,(H,12,13). The topological polar surface area (TPSA) is 72.0 Å². The highest BCUT2D eigenvalue weighted by atomic mass is 16.4. The molecule has 1 atom stereocenters. The Labute approximate surface area is 80.0 Å². The third kappa shape index (κ3) is 1.36. The summed E-state index contributed by atoms with van der Waals surface area (Å²) in [6.45, 7) is 3.60. The van der Waals surface area contributed by atoms with Gasteiger partial charge in [0.2, 0.25) is 0 Å². The first-order valence-electron chi connectivity index (χ1n) is 4.21. The van der Waals surface area contributed by atoms with E-state index in [9.17, 15) is 4.79 Å². The zero-order valence-electron chi connectivity index (χ0n) is 7.49. The lowest BCUT2D eigenvalue weighted by atomic mass is 10.1. The largest absolute Gasteiger partial charge is 0.417 e. The van der Waals surface area contributed by atoms with Crippen LogP contribution < -0.4 is 11.5 Å². The van der Waals surface area contributed by atoms with Crippen molar-refractivity contribution in [2.75, 3.05) is 0 Å². The second-order valence-corrected chi connectivity index (χ2v) is 3.03. The second kappa shape index (κ2) is 3.16. The molecule has 0 amide bonds. The second-order valence-electron chi connectivity index (χ2n) is 3.03. The number of aromatic amines is 1. The van der Waals surface area contributed by atoms with E-state index in [2.05, 4.69) is 11.6 Å². The Morgan fingerprint density at radius 1 is 1.57 bits per heavy atom. The average molecular weight is 190 g/mol. The molecule has 0 bridgehead atoms. The number of nitrogens with one attached hydrogen (secondary N) is 1. The minimum atomic E-state index is -0.454. The number of rotatable bonds is 2. The quantitative estimate of drug-likeness (QED) is 0.701.